The average molecular weight is 240 g/mol. The summed E-state index contributed by atoms with van der Waals surface area (Å²) in [5, 5.41) is 9.27. The lowest BCUT2D eigenvalue weighted by Gasteiger charge is -2.02. The minimum atomic E-state index is -0.855. The van der Waals surface area contributed by atoms with Gasteiger partial charge in [0.05, 0.1) is 17.8 Å². The molecule has 1 unspecified atom stereocenters. The van der Waals surface area contributed by atoms with E-state index in [9.17, 15) is 4.79 Å². The highest BCUT2D eigenvalue weighted by Crippen LogP contribution is 2.20. The predicted octanol–water partition coefficient (Wildman–Crippen LogP) is 1.65. The van der Waals surface area contributed by atoms with Gasteiger partial charge in [0.2, 0.25) is 0 Å². The molecule has 0 bridgehead atoms. The Morgan fingerprint density at radius 3 is 3.06 bits per heavy atom. The first kappa shape index (κ1) is 10.9. The van der Waals surface area contributed by atoms with Crippen LogP contribution in [0.15, 0.2) is 18.6 Å². The number of hydrogen-bond donors (Lipinski definition) is 1. The van der Waals surface area contributed by atoms with Crippen LogP contribution in [0.1, 0.15) is 12.6 Å². The van der Waals surface area contributed by atoms with Crippen molar-refractivity contribution in [1.82, 2.24) is 14.4 Å². The highest BCUT2D eigenvalue weighted by atomic mass is 35.5. The Labute approximate surface area is 96.7 Å². The van der Waals surface area contributed by atoms with E-state index in [1.54, 1.807) is 29.9 Å². The number of carboxylic acids is 1. The van der Waals surface area contributed by atoms with E-state index in [4.69, 9.17) is 16.7 Å². The van der Waals surface area contributed by atoms with Crippen LogP contribution in [-0.2, 0) is 11.2 Å². The molecule has 84 valence electrons. The molecular weight excluding hydrogens is 230 g/mol. The molecule has 2 heterocycles. The third kappa shape index (κ3) is 1.86. The van der Waals surface area contributed by atoms with Gasteiger partial charge in [-0.1, -0.05) is 18.5 Å². The van der Waals surface area contributed by atoms with E-state index in [2.05, 4.69) is 9.97 Å². The van der Waals surface area contributed by atoms with Gasteiger partial charge in [0.1, 0.15) is 5.15 Å². The topological polar surface area (TPSA) is 67.5 Å². The molecule has 2 aromatic heterocycles. The van der Waals surface area contributed by atoms with Crippen LogP contribution < -0.4 is 0 Å². The van der Waals surface area contributed by atoms with Crippen molar-refractivity contribution < 1.29 is 9.90 Å². The predicted molar refractivity (Wildman–Crippen MR) is 58.5 cm³/mol. The molecule has 0 aliphatic rings. The van der Waals surface area contributed by atoms with Gasteiger partial charge in [-0.05, 0) is 0 Å². The number of hydrogen-bond acceptors (Lipinski definition) is 3. The number of carbonyl (C=O) groups is 1. The number of aliphatic carboxylic acids is 1. The minimum absolute atomic E-state index is 0.315. The lowest BCUT2D eigenvalue weighted by molar-refractivity contribution is -0.141. The third-order valence-corrected chi connectivity index (χ3v) is 2.76. The van der Waals surface area contributed by atoms with E-state index in [0.717, 1.165) is 0 Å². The van der Waals surface area contributed by atoms with Crippen LogP contribution in [-0.4, -0.2) is 25.4 Å². The largest absolute Gasteiger partial charge is 0.481 e. The first-order chi connectivity index (χ1) is 7.59. The summed E-state index contributed by atoms with van der Waals surface area (Å²) in [6.07, 6.45) is 5.20. The third-order valence-electron chi connectivity index (χ3n) is 2.36. The Balaban J connectivity index is 2.38. The molecule has 0 fully saturated rings. The van der Waals surface area contributed by atoms with Crippen molar-refractivity contribution in [2.24, 2.45) is 5.92 Å². The molecular formula is C10H10ClN3O2. The van der Waals surface area contributed by atoms with E-state index in [0.29, 0.717) is 22.9 Å². The van der Waals surface area contributed by atoms with Crippen molar-refractivity contribution >= 4 is 23.2 Å². The Kier molecular flexibility index (Phi) is 2.78. The monoisotopic (exact) mass is 239 g/mol. The molecule has 0 aromatic carbocycles. The lowest BCUT2D eigenvalue weighted by Crippen LogP contribution is -2.12. The summed E-state index contributed by atoms with van der Waals surface area (Å²) in [6.45, 7) is 1.63. The summed E-state index contributed by atoms with van der Waals surface area (Å²) in [4.78, 5) is 18.9. The van der Waals surface area contributed by atoms with Gasteiger partial charge in [0.15, 0.2) is 5.65 Å². The molecule has 2 aromatic rings. The van der Waals surface area contributed by atoms with E-state index in [1.165, 1.54) is 0 Å². The normalized spacial score (nSPS) is 12.9. The highest BCUT2D eigenvalue weighted by molar-refractivity contribution is 6.30. The number of imidazole rings is 1. The zero-order valence-electron chi connectivity index (χ0n) is 8.59. The van der Waals surface area contributed by atoms with Gasteiger partial charge in [-0.15, -0.1) is 0 Å². The first-order valence-corrected chi connectivity index (χ1v) is 5.16. The van der Waals surface area contributed by atoms with E-state index in [-0.39, 0.29) is 0 Å². The van der Waals surface area contributed by atoms with Crippen LogP contribution in [0.4, 0.5) is 0 Å². The Morgan fingerprint density at radius 1 is 1.69 bits per heavy atom. The second-order valence-electron chi connectivity index (χ2n) is 3.60. The standard InChI is InChI=1S/C10H10ClN3O2/c1-6(10(15)16)4-7-9(11)14-3-2-12-5-8(14)13-7/h2-3,5-6H,4H2,1H3,(H,15,16). The van der Waals surface area contributed by atoms with Crippen LogP contribution in [0.2, 0.25) is 5.15 Å². The zero-order valence-corrected chi connectivity index (χ0v) is 9.35. The number of halogens is 1. The molecule has 0 aliphatic carbocycles. The molecule has 16 heavy (non-hydrogen) atoms. The van der Waals surface area contributed by atoms with Crippen molar-refractivity contribution in [3.8, 4) is 0 Å². The second-order valence-corrected chi connectivity index (χ2v) is 3.96. The zero-order chi connectivity index (χ0) is 11.7. The number of rotatable bonds is 3. The van der Waals surface area contributed by atoms with Gasteiger partial charge < -0.3 is 5.11 Å². The van der Waals surface area contributed by atoms with Crippen molar-refractivity contribution in [2.75, 3.05) is 0 Å². The van der Waals surface area contributed by atoms with Crippen LogP contribution in [0, 0.1) is 5.92 Å². The number of nitrogens with zero attached hydrogens (tertiary/aromatic N) is 3. The van der Waals surface area contributed by atoms with Crippen LogP contribution in [0.5, 0.6) is 0 Å². The molecule has 0 radical (unpaired) electrons. The van der Waals surface area contributed by atoms with Crippen molar-refractivity contribution in [1.29, 1.82) is 0 Å². The molecule has 0 amide bonds. The van der Waals surface area contributed by atoms with Gasteiger partial charge in [-0.2, -0.15) is 0 Å². The van der Waals surface area contributed by atoms with E-state index < -0.39 is 11.9 Å². The Bertz CT molecular complexity index is 538. The number of fused-ring (bicyclic) bond motifs is 1. The van der Waals surface area contributed by atoms with Gasteiger partial charge in [-0.3, -0.25) is 14.2 Å². The van der Waals surface area contributed by atoms with Gasteiger partial charge in [0, 0.05) is 18.8 Å². The number of aromatic nitrogens is 3. The van der Waals surface area contributed by atoms with Crippen molar-refractivity contribution in [3.63, 3.8) is 0 Å². The summed E-state index contributed by atoms with van der Waals surface area (Å²) >= 11 is 6.09. The van der Waals surface area contributed by atoms with Crippen molar-refractivity contribution in [2.45, 2.75) is 13.3 Å². The molecule has 1 atom stereocenters. The van der Waals surface area contributed by atoms with E-state index >= 15 is 0 Å². The van der Waals surface area contributed by atoms with Gasteiger partial charge >= 0.3 is 5.97 Å². The number of carboxylic acid groups (broad SMARTS) is 1. The quantitative estimate of drug-likeness (QED) is 0.884. The maximum absolute atomic E-state index is 10.7. The van der Waals surface area contributed by atoms with E-state index in [1.807, 2.05) is 0 Å². The summed E-state index contributed by atoms with van der Waals surface area (Å²) in [6, 6.07) is 0. The highest BCUT2D eigenvalue weighted by Gasteiger charge is 2.17. The van der Waals surface area contributed by atoms with Gasteiger partial charge in [-0.25, -0.2) is 4.98 Å². The lowest BCUT2D eigenvalue weighted by atomic mass is 10.1. The fourth-order valence-corrected chi connectivity index (χ4v) is 1.70. The molecule has 2 rings (SSSR count). The molecule has 6 heteroatoms. The first-order valence-electron chi connectivity index (χ1n) is 4.79. The smallest absolute Gasteiger partial charge is 0.306 e. The Morgan fingerprint density at radius 2 is 2.44 bits per heavy atom. The van der Waals surface area contributed by atoms with Crippen molar-refractivity contribution in [3.05, 3.63) is 29.4 Å². The molecule has 0 aliphatic heterocycles. The van der Waals surface area contributed by atoms with Crippen LogP contribution in [0.3, 0.4) is 0 Å². The molecule has 5 nitrogen and oxygen atoms in total. The molecule has 0 spiro atoms. The Hall–Kier alpha value is -1.62. The maximum Gasteiger partial charge on any atom is 0.306 e. The summed E-state index contributed by atoms with van der Waals surface area (Å²) in [5.74, 6) is -1.36. The summed E-state index contributed by atoms with van der Waals surface area (Å²) in [7, 11) is 0. The summed E-state index contributed by atoms with van der Waals surface area (Å²) < 4.78 is 1.68. The molecule has 1 N–H and O–H groups in total. The summed E-state index contributed by atoms with van der Waals surface area (Å²) in [5.41, 5.74) is 1.21. The molecule has 0 saturated heterocycles. The molecule has 0 saturated carbocycles. The maximum atomic E-state index is 10.7. The van der Waals surface area contributed by atoms with Gasteiger partial charge in [0.25, 0.3) is 0 Å². The SMILES string of the molecule is CC(Cc1nc2cnccn2c1Cl)C(=O)O. The fraction of sp³-hybridized carbons (Fsp3) is 0.300. The van der Waals surface area contributed by atoms with Crippen LogP contribution in [0.25, 0.3) is 5.65 Å². The second kappa shape index (κ2) is 4.09. The minimum Gasteiger partial charge on any atom is -0.481 e. The van der Waals surface area contributed by atoms with Crippen LogP contribution >= 0.6 is 11.6 Å². The fourth-order valence-electron chi connectivity index (χ4n) is 1.43. The average Bonchev–Trinajstić information content (AvgIpc) is 2.56.